The maximum atomic E-state index is 6.09. The molecule has 0 atom stereocenters. The highest BCUT2D eigenvalue weighted by molar-refractivity contribution is 6.34. The fourth-order valence-electron chi connectivity index (χ4n) is 2.02. The van der Waals surface area contributed by atoms with Crippen molar-refractivity contribution < 1.29 is 4.52 Å². The summed E-state index contributed by atoms with van der Waals surface area (Å²) in [6, 6.07) is 6.12. The van der Waals surface area contributed by atoms with Crippen molar-refractivity contribution in [1.29, 1.82) is 0 Å². The van der Waals surface area contributed by atoms with Gasteiger partial charge in [0.05, 0.1) is 0 Å². The van der Waals surface area contributed by atoms with E-state index in [2.05, 4.69) is 21.2 Å². The van der Waals surface area contributed by atoms with E-state index < -0.39 is 0 Å². The lowest BCUT2D eigenvalue weighted by atomic mass is 10.0. The van der Waals surface area contributed by atoms with Crippen molar-refractivity contribution in [3.05, 3.63) is 40.8 Å². The first-order valence-corrected chi connectivity index (χ1v) is 5.88. The van der Waals surface area contributed by atoms with E-state index in [-0.39, 0.29) is 0 Å². The second kappa shape index (κ2) is 4.07. The molecule has 90 valence electrons. The molecule has 5 heteroatoms. The van der Waals surface area contributed by atoms with Crippen molar-refractivity contribution in [2.45, 2.75) is 13.8 Å². The van der Waals surface area contributed by atoms with Crippen molar-refractivity contribution in [1.82, 2.24) is 15.1 Å². The molecule has 0 N–H and O–H groups in total. The minimum absolute atomic E-state index is 0.358. The summed E-state index contributed by atoms with van der Waals surface area (Å²) in [5.41, 5.74) is 4.39. The van der Waals surface area contributed by atoms with Crippen LogP contribution in [0.15, 0.2) is 29.0 Å². The Balaban J connectivity index is 2.32. The van der Waals surface area contributed by atoms with E-state index in [1.807, 2.05) is 26.0 Å². The Morgan fingerprint density at radius 2 is 2.00 bits per heavy atom. The molecule has 0 radical (unpaired) electrons. The Kier molecular flexibility index (Phi) is 2.52. The van der Waals surface area contributed by atoms with Gasteiger partial charge in [0.15, 0.2) is 0 Å². The SMILES string of the molecule is Cc1ccc(-c2noc3ncnc(Cl)c23)c(C)c1. The van der Waals surface area contributed by atoms with Gasteiger partial charge in [0.25, 0.3) is 5.71 Å². The van der Waals surface area contributed by atoms with E-state index in [4.69, 9.17) is 16.1 Å². The summed E-state index contributed by atoms with van der Waals surface area (Å²) in [6.07, 6.45) is 1.36. The molecule has 2 aromatic heterocycles. The average Bonchev–Trinajstić information content (AvgIpc) is 2.74. The van der Waals surface area contributed by atoms with Gasteiger partial charge in [-0.15, -0.1) is 0 Å². The number of halogens is 1. The third-order valence-corrected chi connectivity index (χ3v) is 3.15. The number of hydrogen-bond donors (Lipinski definition) is 0. The molecule has 3 rings (SSSR count). The normalized spacial score (nSPS) is 11.1. The third kappa shape index (κ3) is 1.66. The molecule has 0 amide bonds. The van der Waals surface area contributed by atoms with E-state index in [0.717, 1.165) is 11.1 Å². The molecule has 0 aliphatic heterocycles. The minimum atomic E-state index is 0.358. The lowest BCUT2D eigenvalue weighted by molar-refractivity contribution is 0.451. The van der Waals surface area contributed by atoms with Crippen LogP contribution in [-0.2, 0) is 0 Å². The fourth-order valence-corrected chi connectivity index (χ4v) is 2.23. The second-order valence-corrected chi connectivity index (χ2v) is 4.55. The molecule has 18 heavy (non-hydrogen) atoms. The van der Waals surface area contributed by atoms with Gasteiger partial charge in [0.1, 0.15) is 22.6 Å². The van der Waals surface area contributed by atoms with Crippen LogP contribution in [0.1, 0.15) is 11.1 Å². The average molecular weight is 260 g/mol. The number of fused-ring (bicyclic) bond motifs is 1. The third-order valence-electron chi connectivity index (χ3n) is 2.86. The molecule has 0 bridgehead atoms. The maximum absolute atomic E-state index is 6.09. The van der Waals surface area contributed by atoms with Crippen molar-refractivity contribution in [2.75, 3.05) is 0 Å². The summed E-state index contributed by atoms with van der Waals surface area (Å²) in [5, 5.41) is 5.07. The van der Waals surface area contributed by atoms with Crippen LogP contribution in [0.5, 0.6) is 0 Å². The number of hydrogen-bond acceptors (Lipinski definition) is 4. The quantitative estimate of drug-likeness (QED) is 0.627. The second-order valence-electron chi connectivity index (χ2n) is 4.19. The van der Waals surface area contributed by atoms with Gasteiger partial charge in [-0.1, -0.05) is 40.5 Å². The largest absolute Gasteiger partial charge is 0.335 e. The van der Waals surface area contributed by atoms with Gasteiger partial charge in [-0.05, 0) is 19.4 Å². The number of benzene rings is 1. The summed E-state index contributed by atoms with van der Waals surface area (Å²) in [7, 11) is 0. The highest BCUT2D eigenvalue weighted by Gasteiger charge is 2.16. The summed E-state index contributed by atoms with van der Waals surface area (Å²) < 4.78 is 5.18. The predicted octanol–water partition coefficient (Wildman–Crippen LogP) is 3.56. The van der Waals surface area contributed by atoms with Gasteiger partial charge in [-0.2, -0.15) is 4.98 Å². The standard InChI is InChI=1S/C13H10ClN3O/c1-7-3-4-9(8(2)5-7)11-10-12(14)15-6-16-13(10)18-17-11/h3-6H,1-2H3. The van der Waals surface area contributed by atoms with E-state index in [1.54, 1.807) is 0 Å². The topological polar surface area (TPSA) is 51.8 Å². The zero-order chi connectivity index (χ0) is 12.7. The summed E-state index contributed by atoms with van der Waals surface area (Å²) in [5.74, 6) is 0. The fraction of sp³-hybridized carbons (Fsp3) is 0.154. The highest BCUT2D eigenvalue weighted by atomic mass is 35.5. The molecular weight excluding hydrogens is 250 g/mol. The van der Waals surface area contributed by atoms with Gasteiger partial charge in [-0.25, -0.2) is 4.98 Å². The molecule has 0 saturated heterocycles. The lowest BCUT2D eigenvalue weighted by Gasteiger charge is -2.03. The summed E-state index contributed by atoms with van der Waals surface area (Å²) in [4.78, 5) is 7.98. The van der Waals surface area contributed by atoms with Crippen LogP contribution in [0.3, 0.4) is 0 Å². The molecule has 0 spiro atoms. The predicted molar refractivity (Wildman–Crippen MR) is 69.5 cm³/mol. The molecule has 1 aromatic carbocycles. The molecular formula is C13H10ClN3O. The van der Waals surface area contributed by atoms with E-state index >= 15 is 0 Å². The van der Waals surface area contributed by atoms with Gasteiger partial charge < -0.3 is 4.52 Å². The number of rotatable bonds is 1. The number of aryl methyl sites for hydroxylation is 2. The van der Waals surface area contributed by atoms with Crippen LogP contribution >= 0.6 is 11.6 Å². The van der Waals surface area contributed by atoms with Gasteiger partial charge in [0.2, 0.25) is 0 Å². The molecule has 3 aromatic rings. The zero-order valence-corrected chi connectivity index (χ0v) is 10.7. The van der Waals surface area contributed by atoms with Crippen molar-refractivity contribution in [3.8, 4) is 11.3 Å². The Hall–Kier alpha value is -1.94. The first-order chi connectivity index (χ1) is 8.66. The molecule has 0 unspecified atom stereocenters. The smallest absolute Gasteiger partial charge is 0.262 e. The van der Waals surface area contributed by atoms with Gasteiger partial charge >= 0.3 is 0 Å². The number of aromatic nitrogens is 3. The first kappa shape index (κ1) is 11.2. The van der Waals surface area contributed by atoms with Crippen molar-refractivity contribution in [2.24, 2.45) is 0 Å². The number of nitrogens with zero attached hydrogens (tertiary/aromatic N) is 3. The van der Waals surface area contributed by atoms with Crippen LogP contribution in [0.2, 0.25) is 5.15 Å². The van der Waals surface area contributed by atoms with E-state index in [9.17, 15) is 0 Å². The minimum Gasteiger partial charge on any atom is -0.335 e. The van der Waals surface area contributed by atoms with E-state index in [1.165, 1.54) is 11.9 Å². The molecule has 0 aliphatic carbocycles. The molecule has 2 heterocycles. The maximum Gasteiger partial charge on any atom is 0.262 e. The van der Waals surface area contributed by atoms with Crippen LogP contribution in [0.25, 0.3) is 22.4 Å². The van der Waals surface area contributed by atoms with Crippen LogP contribution < -0.4 is 0 Å². The molecule has 4 nitrogen and oxygen atoms in total. The lowest BCUT2D eigenvalue weighted by Crippen LogP contribution is -1.87. The Labute approximate surface area is 109 Å². The first-order valence-electron chi connectivity index (χ1n) is 5.50. The van der Waals surface area contributed by atoms with E-state index in [0.29, 0.717) is 21.9 Å². The Morgan fingerprint density at radius 3 is 2.78 bits per heavy atom. The summed E-state index contributed by atoms with van der Waals surface area (Å²) >= 11 is 6.09. The van der Waals surface area contributed by atoms with Gasteiger partial charge in [0, 0.05) is 5.56 Å². The van der Waals surface area contributed by atoms with Crippen LogP contribution in [0, 0.1) is 13.8 Å². The summed E-state index contributed by atoms with van der Waals surface area (Å²) in [6.45, 7) is 4.08. The molecule has 0 aliphatic rings. The van der Waals surface area contributed by atoms with Crippen molar-refractivity contribution >= 4 is 22.7 Å². The highest BCUT2D eigenvalue weighted by Crippen LogP contribution is 2.32. The monoisotopic (exact) mass is 259 g/mol. The zero-order valence-electron chi connectivity index (χ0n) is 9.94. The Morgan fingerprint density at radius 1 is 1.17 bits per heavy atom. The Bertz CT molecular complexity index is 736. The molecule has 0 fully saturated rings. The molecule has 0 saturated carbocycles. The van der Waals surface area contributed by atoms with Crippen molar-refractivity contribution in [3.63, 3.8) is 0 Å². The van der Waals surface area contributed by atoms with Crippen LogP contribution in [-0.4, -0.2) is 15.1 Å². The van der Waals surface area contributed by atoms with Gasteiger partial charge in [-0.3, -0.25) is 0 Å². The van der Waals surface area contributed by atoms with Crippen LogP contribution in [0.4, 0.5) is 0 Å².